The van der Waals surface area contributed by atoms with Crippen LogP contribution in [0.5, 0.6) is 0 Å². The third-order valence-electron chi connectivity index (χ3n) is 5.58. The molecule has 4 rings (SSSR count). The third kappa shape index (κ3) is 4.40. The van der Waals surface area contributed by atoms with Crippen LogP contribution in [-0.4, -0.2) is 49.2 Å². The Morgan fingerprint density at radius 1 is 1.07 bits per heavy atom. The summed E-state index contributed by atoms with van der Waals surface area (Å²) in [6.45, 7) is 0.260. The number of hydrogen-bond donors (Lipinski definition) is 1. The third-order valence-corrected chi connectivity index (χ3v) is 5.58. The predicted octanol–water partition coefficient (Wildman–Crippen LogP) is 0.161. The molecule has 2 aromatic carbocycles. The number of carbonyl (C=O) groups excluding carboxylic acids is 1. The van der Waals surface area contributed by atoms with Crippen molar-refractivity contribution in [3.63, 3.8) is 0 Å². The molecule has 2 aromatic rings. The number of carbonyl (C=O) groups is 1. The van der Waals surface area contributed by atoms with Crippen molar-refractivity contribution in [2.75, 3.05) is 19.7 Å². The minimum absolute atomic E-state index is 0. The highest BCUT2D eigenvalue weighted by atomic mass is 35.5. The van der Waals surface area contributed by atoms with Crippen molar-refractivity contribution in [3.8, 4) is 11.1 Å². The minimum Gasteiger partial charge on any atom is -1.00 e. The zero-order valence-corrected chi connectivity index (χ0v) is 16.8. The van der Waals surface area contributed by atoms with Gasteiger partial charge in [0.2, 0.25) is 0 Å². The van der Waals surface area contributed by atoms with E-state index in [1.165, 1.54) is 4.90 Å². The molecule has 30 heavy (non-hydrogen) atoms. The quantitative estimate of drug-likeness (QED) is 0.733. The SMILES string of the molecule is [Cl-].[NH3+]C[C@@H]1C[C@H](OC(F)(F)F)CN1C(=O)OCC1c2ccccc2-c2ccccc21. The number of likely N-dealkylation sites (tertiary alicyclic amines) is 1. The Bertz CT molecular complexity index is 864. The molecule has 1 aliphatic heterocycles. The van der Waals surface area contributed by atoms with Crippen LogP contribution in [0.25, 0.3) is 11.1 Å². The maximum absolute atomic E-state index is 12.6. The predicted molar refractivity (Wildman–Crippen MR) is 98.9 cm³/mol. The van der Waals surface area contributed by atoms with E-state index >= 15 is 0 Å². The van der Waals surface area contributed by atoms with Crippen molar-refractivity contribution in [1.29, 1.82) is 0 Å². The molecule has 1 heterocycles. The van der Waals surface area contributed by atoms with Gasteiger partial charge in [-0.15, -0.1) is 13.2 Å². The lowest BCUT2D eigenvalue weighted by molar-refractivity contribution is -0.377. The lowest BCUT2D eigenvalue weighted by Crippen LogP contribution is -3.00. The molecular weight excluding hydrogens is 421 g/mol. The molecule has 2 aliphatic rings. The Balaban J connectivity index is 0.00000256. The Hall–Kier alpha value is -2.29. The summed E-state index contributed by atoms with van der Waals surface area (Å²) in [5.74, 6) is -0.102. The summed E-state index contributed by atoms with van der Waals surface area (Å²) >= 11 is 0. The van der Waals surface area contributed by atoms with Crippen LogP contribution in [0.3, 0.4) is 0 Å². The number of benzene rings is 2. The second-order valence-electron chi connectivity index (χ2n) is 7.32. The average molecular weight is 443 g/mol. The fraction of sp³-hybridized carbons (Fsp3) is 0.381. The molecule has 0 bridgehead atoms. The van der Waals surface area contributed by atoms with Crippen LogP contribution in [0, 0.1) is 0 Å². The summed E-state index contributed by atoms with van der Waals surface area (Å²) in [6.07, 6.45) is -6.36. The summed E-state index contributed by atoms with van der Waals surface area (Å²) < 4.78 is 47.2. The first kappa shape index (κ1) is 22.4. The maximum atomic E-state index is 12.6. The lowest BCUT2D eigenvalue weighted by atomic mass is 9.98. The van der Waals surface area contributed by atoms with Crippen molar-refractivity contribution >= 4 is 6.09 Å². The van der Waals surface area contributed by atoms with Crippen molar-refractivity contribution in [2.45, 2.75) is 30.8 Å². The number of ether oxygens (including phenoxy) is 2. The van der Waals surface area contributed by atoms with Gasteiger partial charge in [-0.25, -0.2) is 4.79 Å². The molecule has 9 heteroatoms. The zero-order chi connectivity index (χ0) is 20.6. The Morgan fingerprint density at radius 3 is 2.17 bits per heavy atom. The molecule has 1 aliphatic carbocycles. The zero-order valence-electron chi connectivity index (χ0n) is 16.1. The topological polar surface area (TPSA) is 66.4 Å². The van der Waals surface area contributed by atoms with Crippen molar-refractivity contribution in [1.82, 2.24) is 4.90 Å². The number of halogens is 4. The number of rotatable bonds is 4. The van der Waals surface area contributed by atoms with Gasteiger partial charge in [0.05, 0.1) is 25.2 Å². The number of quaternary nitrogens is 1. The van der Waals surface area contributed by atoms with Gasteiger partial charge in [-0.05, 0) is 22.3 Å². The molecular formula is C21H22ClF3N2O3. The van der Waals surface area contributed by atoms with E-state index in [0.29, 0.717) is 6.54 Å². The molecule has 1 saturated heterocycles. The van der Waals surface area contributed by atoms with Crippen LogP contribution in [0.4, 0.5) is 18.0 Å². The maximum Gasteiger partial charge on any atom is 0.522 e. The highest BCUT2D eigenvalue weighted by molar-refractivity contribution is 5.79. The number of amides is 1. The van der Waals surface area contributed by atoms with Gasteiger partial charge in [0.25, 0.3) is 0 Å². The van der Waals surface area contributed by atoms with Gasteiger partial charge in [0, 0.05) is 12.3 Å². The highest BCUT2D eigenvalue weighted by Gasteiger charge is 2.43. The molecule has 5 nitrogen and oxygen atoms in total. The molecule has 0 unspecified atom stereocenters. The van der Waals surface area contributed by atoms with Gasteiger partial charge >= 0.3 is 12.5 Å². The van der Waals surface area contributed by atoms with Crippen LogP contribution in [-0.2, 0) is 9.47 Å². The molecule has 0 saturated carbocycles. The smallest absolute Gasteiger partial charge is 0.522 e. The molecule has 1 amide bonds. The molecule has 0 aromatic heterocycles. The van der Waals surface area contributed by atoms with Gasteiger partial charge < -0.3 is 22.9 Å². The van der Waals surface area contributed by atoms with E-state index in [9.17, 15) is 18.0 Å². The minimum atomic E-state index is -4.73. The molecule has 1 fully saturated rings. The monoisotopic (exact) mass is 442 g/mol. The number of hydrogen-bond acceptors (Lipinski definition) is 3. The Morgan fingerprint density at radius 2 is 1.63 bits per heavy atom. The summed E-state index contributed by atoms with van der Waals surface area (Å²) in [4.78, 5) is 13.9. The number of nitrogens with zero attached hydrogens (tertiary/aromatic N) is 1. The van der Waals surface area contributed by atoms with Crippen molar-refractivity contribution in [3.05, 3.63) is 59.7 Å². The molecule has 0 radical (unpaired) electrons. The second-order valence-corrected chi connectivity index (χ2v) is 7.32. The van der Waals surface area contributed by atoms with Crippen molar-refractivity contribution in [2.24, 2.45) is 0 Å². The Labute approximate surface area is 178 Å². The number of alkyl halides is 3. The molecule has 162 valence electrons. The van der Waals surface area contributed by atoms with Crippen LogP contribution in [0.15, 0.2) is 48.5 Å². The van der Waals surface area contributed by atoms with Gasteiger partial charge in [-0.1, -0.05) is 48.5 Å². The van der Waals surface area contributed by atoms with Gasteiger partial charge in [-0.3, -0.25) is 9.64 Å². The van der Waals surface area contributed by atoms with Gasteiger partial charge in [-0.2, -0.15) is 0 Å². The lowest BCUT2D eigenvalue weighted by Gasteiger charge is -2.23. The van der Waals surface area contributed by atoms with E-state index in [-0.39, 0.29) is 37.9 Å². The fourth-order valence-corrected chi connectivity index (χ4v) is 4.32. The standard InChI is InChI=1S/C21H21F3N2O3.ClH/c22-21(23,24)29-14-9-13(10-25)26(11-14)20(27)28-12-19-17-7-3-1-5-15(17)16-6-2-4-8-18(16)19;/h1-8,13-14,19H,9-12,25H2;1H/t13-,14-;/m0./s1. The molecule has 3 N–H and O–H groups in total. The van der Waals surface area contributed by atoms with E-state index in [0.717, 1.165) is 22.3 Å². The van der Waals surface area contributed by atoms with Crippen LogP contribution in [0.1, 0.15) is 23.5 Å². The first-order chi connectivity index (χ1) is 13.9. The number of fused-ring (bicyclic) bond motifs is 3. The van der Waals surface area contributed by atoms with E-state index in [4.69, 9.17) is 4.74 Å². The highest BCUT2D eigenvalue weighted by Crippen LogP contribution is 2.44. The first-order valence-electron chi connectivity index (χ1n) is 9.53. The summed E-state index contributed by atoms with van der Waals surface area (Å²) in [6, 6.07) is 15.5. The van der Waals surface area contributed by atoms with E-state index in [1.54, 1.807) is 0 Å². The molecule has 0 spiro atoms. The van der Waals surface area contributed by atoms with E-state index in [1.807, 2.05) is 48.5 Å². The van der Waals surface area contributed by atoms with Crippen LogP contribution in [0.2, 0.25) is 0 Å². The van der Waals surface area contributed by atoms with Crippen LogP contribution < -0.4 is 18.1 Å². The average Bonchev–Trinajstić information content (AvgIpc) is 3.23. The van der Waals surface area contributed by atoms with E-state index in [2.05, 4.69) is 10.5 Å². The normalized spacial score (nSPS) is 20.5. The van der Waals surface area contributed by atoms with Gasteiger partial charge in [0.15, 0.2) is 0 Å². The summed E-state index contributed by atoms with van der Waals surface area (Å²) in [7, 11) is 0. The fourth-order valence-electron chi connectivity index (χ4n) is 4.32. The van der Waals surface area contributed by atoms with Crippen LogP contribution >= 0.6 is 0 Å². The van der Waals surface area contributed by atoms with E-state index < -0.39 is 24.6 Å². The van der Waals surface area contributed by atoms with Gasteiger partial charge in [0.1, 0.15) is 6.61 Å². The summed E-state index contributed by atoms with van der Waals surface area (Å²) in [5.41, 5.74) is 8.12. The molecule has 2 atom stereocenters. The van der Waals surface area contributed by atoms with Crippen molar-refractivity contribution < 1.29 is 45.6 Å². The first-order valence-corrected chi connectivity index (χ1v) is 9.53. The second kappa shape index (κ2) is 8.83. The summed E-state index contributed by atoms with van der Waals surface area (Å²) in [5, 5.41) is 0. The Kier molecular flexibility index (Phi) is 6.59. The largest absolute Gasteiger partial charge is 1.00 e.